The molecule has 2 aliphatic rings. The lowest BCUT2D eigenvalue weighted by Gasteiger charge is -2.35. The molecule has 0 aromatic heterocycles. The van der Waals surface area contributed by atoms with Crippen LogP contribution in [0.15, 0.2) is 17.0 Å². The number of rotatable bonds is 10. The number of ether oxygens (including phenoxy) is 2. The molecule has 35 heavy (non-hydrogen) atoms. The van der Waals surface area contributed by atoms with Gasteiger partial charge in [-0.3, -0.25) is 4.79 Å². The van der Waals surface area contributed by atoms with Gasteiger partial charge in [-0.25, -0.2) is 4.31 Å². The van der Waals surface area contributed by atoms with E-state index < -0.39 is 0 Å². The molecule has 2 fully saturated rings. The Kier molecular flexibility index (Phi) is 14.0. The van der Waals surface area contributed by atoms with E-state index in [1.165, 1.54) is 80.9 Å². The SMILES string of the molecule is CN1CCN(CC2CCCCC2)CC1.CNC(=O)COCCN(C)Sc1c(C)cc(OC)cc1C. The maximum atomic E-state index is 11.0. The van der Waals surface area contributed by atoms with Crippen molar-refractivity contribution < 1.29 is 14.3 Å². The number of hydrogen-bond acceptors (Lipinski definition) is 7. The second-order valence-electron chi connectivity index (χ2n) is 9.87. The number of nitrogens with one attached hydrogen (secondary N) is 1. The molecule has 200 valence electrons. The number of methoxy groups -OCH3 is 1. The molecule has 0 radical (unpaired) electrons. The molecule has 1 aromatic carbocycles. The molecule has 3 rings (SSSR count). The van der Waals surface area contributed by atoms with Gasteiger partial charge in [0.1, 0.15) is 12.4 Å². The lowest BCUT2D eigenvalue weighted by molar-refractivity contribution is -0.125. The smallest absolute Gasteiger partial charge is 0.245 e. The van der Waals surface area contributed by atoms with Crippen molar-refractivity contribution in [3.63, 3.8) is 0 Å². The number of aryl methyl sites for hydroxylation is 2. The molecule has 0 unspecified atom stereocenters. The number of piperazine rings is 1. The first-order valence-corrected chi connectivity index (χ1v) is 13.8. The summed E-state index contributed by atoms with van der Waals surface area (Å²) < 4.78 is 12.7. The Labute approximate surface area is 218 Å². The molecule has 1 amide bonds. The van der Waals surface area contributed by atoms with E-state index in [0.717, 1.165) is 18.2 Å². The van der Waals surface area contributed by atoms with E-state index in [9.17, 15) is 4.79 Å². The third kappa shape index (κ3) is 11.5. The van der Waals surface area contributed by atoms with Crippen LogP contribution < -0.4 is 10.1 Å². The Balaban J connectivity index is 0.000000266. The second kappa shape index (κ2) is 16.4. The van der Waals surface area contributed by atoms with Gasteiger partial charge in [0.25, 0.3) is 0 Å². The summed E-state index contributed by atoms with van der Waals surface area (Å²) in [7, 11) is 7.52. The average Bonchev–Trinajstić information content (AvgIpc) is 2.86. The summed E-state index contributed by atoms with van der Waals surface area (Å²) in [5.74, 6) is 1.80. The molecule has 1 aliphatic carbocycles. The number of hydrogen-bond donors (Lipinski definition) is 1. The molecule has 0 bridgehead atoms. The van der Waals surface area contributed by atoms with E-state index in [0.29, 0.717) is 6.61 Å². The number of likely N-dealkylation sites (N-methyl/N-ethyl adjacent to an activating group) is 3. The maximum absolute atomic E-state index is 11.0. The van der Waals surface area contributed by atoms with Crippen LogP contribution in [-0.2, 0) is 9.53 Å². The minimum absolute atomic E-state index is 0.104. The predicted molar refractivity (Wildman–Crippen MR) is 146 cm³/mol. The second-order valence-corrected chi connectivity index (χ2v) is 11.1. The number of carbonyl (C=O) groups is 1. The van der Waals surface area contributed by atoms with Crippen LogP contribution >= 0.6 is 11.9 Å². The number of nitrogens with zero attached hydrogens (tertiary/aromatic N) is 3. The normalized spacial score (nSPS) is 17.7. The van der Waals surface area contributed by atoms with E-state index in [1.807, 2.05) is 19.2 Å². The maximum Gasteiger partial charge on any atom is 0.245 e. The third-order valence-electron chi connectivity index (χ3n) is 6.82. The molecule has 7 nitrogen and oxygen atoms in total. The minimum atomic E-state index is -0.104. The molecule has 1 aromatic rings. The van der Waals surface area contributed by atoms with Gasteiger partial charge < -0.3 is 24.6 Å². The Hall–Kier alpha value is -1.32. The number of benzene rings is 1. The fourth-order valence-electron chi connectivity index (χ4n) is 4.57. The van der Waals surface area contributed by atoms with Crippen LogP contribution in [0, 0.1) is 19.8 Å². The van der Waals surface area contributed by atoms with Crippen LogP contribution in [0.3, 0.4) is 0 Å². The summed E-state index contributed by atoms with van der Waals surface area (Å²) in [4.78, 5) is 17.4. The van der Waals surface area contributed by atoms with Gasteiger partial charge in [0.2, 0.25) is 5.91 Å². The van der Waals surface area contributed by atoms with E-state index >= 15 is 0 Å². The summed E-state index contributed by atoms with van der Waals surface area (Å²) in [6.45, 7) is 12.0. The fraction of sp³-hybridized carbons (Fsp3) is 0.741. The first-order valence-electron chi connectivity index (χ1n) is 13.1. The topological polar surface area (TPSA) is 57.3 Å². The molecule has 1 N–H and O–H groups in total. The van der Waals surface area contributed by atoms with Crippen LogP contribution in [0.2, 0.25) is 0 Å². The number of amides is 1. The predicted octanol–water partition coefficient (Wildman–Crippen LogP) is 3.83. The first kappa shape index (κ1) is 29.9. The van der Waals surface area contributed by atoms with Gasteiger partial charge >= 0.3 is 0 Å². The standard InChI is InChI=1S/C15H24N2O3S.C12H24N2/c1-11-8-13(19-5)9-12(2)15(11)21-17(4)6-7-20-10-14(18)16-3;1-13-7-9-14(10-8-13)11-12-5-3-2-4-6-12/h8-9H,6-7,10H2,1-5H3,(H,16,18);12H,2-11H2,1H3. The van der Waals surface area contributed by atoms with Crippen LogP contribution in [0.5, 0.6) is 5.75 Å². The highest BCUT2D eigenvalue weighted by Gasteiger charge is 2.19. The van der Waals surface area contributed by atoms with E-state index in [4.69, 9.17) is 9.47 Å². The summed E-state index contributed by atoms with van der Waals surface area (Å²) in [5.41, 5.74) is 2.38. The zero-order valence-corrected chi connectivity index (χ0v) is 23.7. The fourth-order valence-corrected chi connectivity index (χ4v) is 5.45. The summed E-state index contributed by atoms with van der Waals surface area (Å²) in [6, 6.07) is 4.07. The summed E-state index contributed by atoms with van der Waals surface area (Å²) >= 11 is 1.68. The first-order chi connectivity index (χ1) is 16.8. The zero-order chi connectivity index (χ0) is 25.6. The van der Waals surface area contributed by atoms with Crippen molar-refractivity contribution in [3.05, 3.63) is 23.3 Å². The van der Waals surface area contributed by atoms with Gasteiger partial charge in [0.05, 0.1) is 13.7 Å². The Morgan fingerprint density at radius 2 is 1.74 bits per heavy atom. The van der Waals surface area contributed by atoms with Crippen molar-refractivity contribution >= 4 is 17.9 Å². The Morgan fingerprint density at radius 3 is 2.31 bits per heavy atom. The lowest BCUT2D eigenvalue weighted by Crippen LogP contribution is -2.46. The van der Waals surface area contributed by atoms with Gasteiger partial charge in [-0.1, -0.05) is 19.3 Å². The van der Waals surface area contributed by atoms with Crippen LogP contribution in [-0.4, -0.2) is 101 Å². The van der Waals surface area contributed by atoms with E-state index in [2.05, 4.69) is 40.3 Å². The van der Waals surface area contributed by atoms with Crippen LogP contribution in [0.1, 0.15) is 43.2 Å². The van der Waals surface area contributed by atoms with Crippen molar-refractivity contribution in [2.24, 2.45) is 5.92 Å². The highest BCUT2D eigenvalue weighted by atomic mass is 32.2. The molecule has 1 saturated heterocycles. The van der Waals surface area contributed by atoms with Gasteiger partial charge in [-0.15, -0.1) is 0 Å². The molecule has 1 heterocycles. The van der Waals surface area contributed by atoms with Crippen molar-refractivity contribution in [1.82, 2.24) is 19.4 Å². The van der Waals surface area contributed by atoms with E-state index in [1.54, 1.807) is 26.1 Å². The molecule has 1 saturated carbocycles. The van der Waals surface area contributed by atoms with Crippen LogP contribution in [0.25, 0.3) is 0 Å². The van der Waals surface area contributed by atoms with Crippen LogP contribution in [0.4, 0.5) is 0 Å². The average molecular weight is 509 g/mol. The lowest BCUT2D eigenvalue weighted by atomic mass is 9.89. The van der Waals surface area contributed by atoms with Crippen molar-refractivity contribution in [2.45, 2.75) is 50.8 Å². The quantitative estimate of drug-likeness (QED) is 0.381. The van der Waals surface area contributed by atoms with Crippen molar-refractivity contribution in [1.29, 1.82) is 0 Å². The molecular formula is C27H48N4O3S. The van der Waals surface area contributed by atoms with Gasteiger partial charge in [-0.2, -0.15) is 0 Å². The van der Waals surface area contributed by atoms with Gasteiger partial charge in [0.15, 0.2) is 0 Å². The molecule has 1 aliphatic heterocycles. The minimum Gasteiger partial charge on any atom is -0.497 e. The van der Waals surface area contributed by atoms with Gasteiger partial charge in [0, 0.05) is 51.2 Å². The van der Waals surface area contributed by atoms with Crippen molar-refractivity contribution in [3.8, 4) is 5.75 Å². The highest BCUT2D eigenvalue weighted by molar-refractivity contribution is 7.97. The molecular weight excluding hydrogens is 460 g/mol. The third-order valence-corrected chi connectivity index (χ3v) is 8.14. The molecule has 0 atom stereocenters. The monoisotopic (exact) mass is 508 g/mol. The largest absolute Gasteiger partial charge is 0.497 e. The summed E-state index contributed by atoms with van der Waals surface area (Å²) in [6.07, 6.45) is 7.44. The highest BCUT2D eigenvalue weighted by Crippen LogP contribution is 2.31. The molecule has 8 heteroatoms. The number of carbonyl (C=O) groups excluding carboxylic acids is 1. The van der Waals surface area contributed by atoms with Gasteiger partial charge in [-0.05, 0) is 81.9 Å². The Bertz CT molecular complexity index is 727. The zero-order valence-electron chi connectivity index (χ0n) is 22.9. The van der Waals surface area contributed by atoms with Crippen molar-refractivity contribution in [2.75, 3.05) is 80.7 Å². The molecule has 0 spiro atoms. The van der Waals surface area contributed by atoms with E-state index in [-0.39, 0.29) is 12.5 Å². The summed E-state index contributed by atoms with van der Waals surface area (Å²) in [5, 5.41) is 2.52. The Morgan fingerprint density at radius 1 is 1.11 bits per heavy atom.